The number of hydrogen-bond donors (Lipinski definition) is 0. The maximum atomic E-state index is 11.4. The first-order valence-electron chi connectivity index (χ1n) is 7.75. The van der Waals surface area contributed by atoms with Crippen LogP contribution in [0.2, 0.25) is 5.02 Å². The Hall–Kier alpha value is -2.00. The van der Waals surface area contributed by atoms with Crippen molar-refractivity contribution in [2.75, 3.05) is 6.61 Å². The van der Waals surface area contributed by atoms with E-state index in [4.69, 9.17) is 21.1 Å². The van der Waals surface area contributed by atoms with Gasteiger partial charge in [0.15, 0.2) is 0 Å². The lowest BCUT2D eigenvalue weighted by Gasteiger charge is -2.16. The van der Waals surface area contributed by atoms with Crippen molar-refractivity contribution in [1.29, 1.82) is 0 Å². The van der Waals surface area contributed by atoms with Gasteiger partial charge in [0.1, 0.15) is 11.9 Å². The standard InChI is InChI=1S/C19H21ClO3/c1-3-22-19(21)12-11-15-9-10-16(13-18(15)20)14(2)23-17-7-5-4-6-8-17/h4-10,13-14H,3,11-12H2,1-2H3. The molecule has 0 amide bonds. The molecule has 0 aliphatic rings. The quantitative estimate of drug-likeness (QED) is 0.671. The van der Waals surface area contributed by atoms with Crippen LogP contribution in [0.1, 0.15) is 37.5 Å². The number of rotatable bonds is 7. The molecule has 1 unspecified atom stereocenters. The van der Waals surface area contributed by atoms with E-state index in [0.717, 1.165) is 16.9 Å². The second-order valence-electron chi connectivity index (χ2n) is 5.23. The van der Waals surface area contributed by atoms with E-state index in [0.29, 0.717) is 24.5 Å². The Morgan fingerprint density at radius 2 is 1.91 bits per heavy atom. The third-order valence-electron chi connectivity index (χ3n) is 3.51. The zero-order chi connectivity index (χ0) is 16.7. The summed E-state index contributed by atoms with van der Waals surface area (Å²) in [5.74, 6) is 0.621. The molecule has 0 bridgehead atoms. The molecule has 0 N–H and O–H groups in total. The number of aryl methyl sites for hydroxylation is 1. The highest BCUT2D eigenvalue weighted by atomic mass is 35.5. The highest BCUT2D eigenvalue weighted by molar-refractivity contribution is 6.31. The predicted molar refractivity (Wildman–Crippen MR) is 91.9 cm³/mol. The van der Waals surface area contributed by atoms with Gasteiger partial charge in [0.25, 0.3) is 0 Å². The average molecular weight is 333 g/mol. The summed E-state index contributed by atoms with van der Waals surface area (Å²) in [5.41, 5.74) is 1.94. The van der Waals surface area contributed by atoms with Crippen molar-refractivity contribution in [1.82, 2.24) is 0 Å². The summed E-state index contributed by atoms with van der Waals surface area (Å²) in [6.45, 7) is 4.19. The lowest BCUT2D eigenvalue weighted by atomic mass is 10.0. The summed E-state index contributed by atoms with van der Waals surface area (Å²) in [6, 6.07) is 15.5. The normalized spacial score (nSPS) is 11.8. The van der Waals surface area contributed by atoms with Crippen molar-refractivity contribution in [2.24, 2.45) is 0 Å². The molecule has 0 saturated carbocycles. The Balaban J connectivity index is 1.99. The summed E-state index contributed by atoms with van der Waals surface area (Å²) in [6.07, 6.45) is 0.809. The summed E-state index contributed by atoms with van der Waals surface area (Å²) < 4.78 is 10.8. The summed E-state index contributed by atoms with van der Waals surface area (Å²) in [5, 5.41) is 0.648. The SMILES string of the molecule is CCOC(=O)CCc1ccc(C(C)Oc2ccccc2)cc1Cl. The molecule has 3 nitrogen and oxygen atoms in total. The van der Waals surface area contributed by atoms with Crippen LogP contribution in [0.4, 0.5) is 0 Å². The van der Waals surface area contributed by atoms with Crippen LogP contribution in [0.3, 0.4) is 0 Å². The minimum atomic E-state index is -0.201. The van der Waals surface area contributed by atoms with E-state index in [-0.39, 0.29) is 12.1 Å². The van der Waals surface area contributed by atoms with E-state index in [1.54, 1.807) is 6.92 Å². The zero-order valence-electron chi connectivity index (χ0n) is 13.4. The molecule has 0 radical (unpaired) electrons. The second kappa shape index (κ2) is 8.59. The minimum Gasteiger partial charge on any atom is -0.486 e. The first kappa shape index (κ1) is 17.4. The van der Waals surface area contributed by atoms with E-state index in [1.807, 2.05) is 55.5 Å². The Kier molecular flexibility index (Phi) is 6.48. The summed E-state index contributed by atoms with van der Waals surface area (Å²) in [4.78, 5) is 11.4. The molecule has 0 aromatic heterocycles. The molecule has 0 spiro atoms. The topological polar surface area (TPSA) is 35.5 Å². The lowest BCUT2D eigenvalue weighted by molar-refractivity contribution is -0.143. The van der Waals surface area contributed by atoms with Crippen molar-refractivity contribution in [3.63, 3.8) is 0 Å². The molecule has 122 valence electrons. The van der Waals surface area contributed by atoms with Crippen molar-refractivity contribution >= 4 is 17.6 Å². The highest BCUT2D eigenvalue weighted by Gasteiger charge is 2.11. The van der Waals surface area contributed by atoms with Crippen LogP contribution in [0, 0.1) is 0 Å². The number of ether oxygens (including phenoxy) is 2. The third-order valence-corrected chi connectivity index (χ3v) is 3.86. The van der Waals surface area contributed by atoms with Crippen molar-refractivity contribution in [3.05, 3.63) is 64.7 Å². The Morgan fingerprint density at radius 1 is 1.17 bits per heavy atom. The van der Waals surface area contributed by atoms with Gasteiger partial charge >= 0.3 is 5.97 Å². The lowest BCUT2D eigenvalue weighted by Crippen LogP contribution is -2.06. The number of para-hydroxylation sites is 1. The fourth-order valence-corrected chi connectivity index (χ4v) is 2.54. The van der Waals surface area contributed by atoms with Crippen molar-refractivity contribution in [2.45, 2.75) is 32.8 Å². The van der Waals surface area contributed by atoms with Crippen LogP contribution in [0.25, 0.3) is 0 Å². The number of halogens is 1. The first-order chi connectivity index (χ1) is 11.1. The van der Waals surface area contributed by atoms with Crippen LogP contribution in [-0.4, -0.2) is 12.6 Å². The van der Waals surface area contributed by atoms with Gasteiger partial charge in [0.2, 0.25) is 0 Å². The molecule has 2 rings (SSSR count). The van der Waals surface area contributed by atoms with Crippen LogP contribution in [0.5, 0.6) is 5.75 Å². The zero-order valence-corrected chi connectivity index (χ0v) is 14.2. The van der Waals surface area contributed by atoms with Crippen LogP contribution in [0.15, 0.2) is 48.5 Å². The molecule has 0 heterocycles. The maximum absolute atomic E-state index is 11.4. The predicted octanol–water partition coefficient (Wildman–Crippen LogP) is 4.98. The third kappa shape index (κ3) is 5.29. The fourth-order valence-electron chi connectivity index (χ4n) is 2.26. The van der Waals surface area contributed by atoms with E-state index in [9.17, 15) is 4.79 Å². The van der Waals surface area contributed by atoms with Gasteiger partial charge in [-0.3, -0.25) is 4.79 Å². The van der Waals surface area contributed by atoms with E-state index < -0.39 is 0 Å². The number of carbonyl (C=O) groups is 1. The van der Waals surface area contributed by atoms with Crippen molar-refractivity contribution in [3.8, 4) is 5.75 Å². The average Bonchev–Trinajstić information content (AvgIpc) is 2.55. The Bertz CT molecular complexity index is 640. The monoisotopic (exact) mass is 332 g/mol. The molecule has 2 aromatic carbocycles. The number of carbonyl (C=O) groups excluding carboxylic acids is 1. The molecule has 4 heteroatoms. The molecule has 1 atom stereocenters. The highest BCUT2D eigenvalue weighted by Crippen LogP contribution is 2.26. The number of esters is 1. The Morgan fingerprint density at radius 3 is 2.57 bits per heavy atom. The molecule has 23 heavy (non-hydrogen) atoms. The van der Waals surface area contributed by atoms with Gasteiger partial charge in [-0.25, -0.2) is 0 Å². The summed E-state index contributed by atoms with van der Waals surface area (Å²) in [7, 11) is 0. The molecule has 0 aliphatic carbocycles. The van der Waals surface area contributed by atoms with Crippen molar-refractivity contribution < 1.29 is 14.3 Å². The van der Waals surface area contributed by atoms with Gasteiger partial charge < -0.3 is 9.47 Å². The minimum absolute atomic E-state index is 0.103. The Labute approximate surface area is 142 Å². The number of hydrogen-bond acceptors (Lipinski definition) is 3. The first-order valence-corrected chi connectivity index (χ1v) is 8.13. The van der Waals surface area contributed by atoms with Crippen LogP contribution >= 0.6 is 11.6 Å². The van der Waals surface area contributed by atoms with E-state index in [1.165, 1.54) is 0 Å². The molecule has 0 aliphatic heterocycles. The second-order valence-corrected chi connectivity index (χ2v) is 5.64. The summed E-state index contributed by atoms with van der Waals surface area (Å²) >= 11 is 6.33. The van der Waals surface area contributed by atoms with E-state index in [2.05, 4.69) is 0 Å². The van der Waals surface area contributed by atoms with Gasteiger partial charge in [0, 0.05) is 11.4 Å². The van der Waals surface area contributed by atoms with Gasteiger partial charge in [-0.2, -0.15) is 0 Å². The van der Waals surface area contributed by atoms with Crippen LogP contribution < -0.4 is 4.74 Å². The molecular formula is C19H21ClO3. The van der Waals surface area contributed by atoms with Gasteiger partial charge in [0.05, 0.1) is 6.61 Å². The van der Waals surface area contributed by atoms with Gasteiger partial charge in [-0.1, -0.05) is 41.9 Å². The van der Waals surface area contributed by atoms with Gasteiger partial charge in [-0.05, 0) is 49.6 Å². The molecule has 0 saturated heterocycles. The number of benzene rings is 2. The van der Waals surface area contributed by atoms with Crippen LogP contribution in [-0.2, 0) is 16.0 Å². The smallest absolute Gasteiger partial charge is 0.306 e. The van der Waals surface area contributed by atoms with E-state index >= 15 is 0 Å². The molecule has 0 fully saturated rings. The molecular weight excluding hydrogens is 312 g/mol. The maximum Gasteiger partial charge on any atom is 0.306 e. The fraction of sp³-hybridized carbons (Fsp3) is 0.316. The largest absolute Gasteiger partial charge is 0.486 e. The molecule has 2 aromatic rings. The van der Waals surface area contributed by atoms with Gasteiger partial charge in [-0.15, -0.1) is 0 Å².